The number of benzene rings is 1. The number of hydrogen-bond acceptors (Lipinski definition) is 4. The Balaban J connectivity index is 1.82. The van der Waals surface area contributed by atoms with Crippen LogP contribution in [0.15, 0.2) is 24.3 Å². The van der Waals surface area contributed by atoms with Crippen LogP contribution in [0.1, 0.15) is 19.8 Å². The van der Waals surface area contributed by atoms with Gasteiger partial charge in [0.25, 0.3) is 0 Å². The SMILES string of the molecule is CCOc1ccccc1NC(=O)C(=O)NCC1CCN(C)CC1. The van der Waals surface area contributed by atoms with E-state index in [-0.39, 0.29) is 0 Å². The lowest BCUT2D eigenvalue weighted by atomic mass is 9.97. The highest BCUT2D eigenvalue weighted by atomic mass is 16.5. The van der Waals surface area contributed by atoms with E-state index in [1.54, 1.807) is 18.2 Å². The van der Waals surface area contributed by atoms with Gasteiger partial charge in [-0.1, -0.05) is 12.1 Å². The molecule has 0 spiro atoms. The van der Waals surface area contributed by atoms with Gasteiger partial charge in [0.1, 0.15) is 5.75 Å². The molecule has 2 rings (SSSR count). The van der Waals surface area contributed by atoms with Crippen molar-refractivity contribution < 1.29 is 14.3 Å². The van der Waals surface area contributed by atoms with Gasteiger partial charge >= 0.3 is 11.8 Å². The molecular weight excluding hydrogens is 294 g/mol. The van der Waals surface area contributed by atoms with E-state index in [1.807, 2.05) is 13.0 Å². The molecule has 6 heteroatoms. The molecule has 0 aliphatic carbocycles. The Labute approximate surface area is 137 Å². The maximum absolute atomic E-state index is 12.0. The lowest BCUT2D eigenvalue weighted by Gasteiger charge is -2.28. The van der Waals surface area contributed by atoms with Crippen molar-refractivity contribution in [3.05, 3.63) is 24.3 Å². The normalized spacial score (nSPS) is 15.9. The first-order valence-corrected chi connectivity index (χ1v) is 8.09. The molecule has 23 heavy (non-hydrogen) atoms. The molecule has 1 aromatic carbocycles. The predicted octanol–water partition coefficient (Wildman–Crippen LogP) is 1.48. The smallest absolute Gasteiger partial charge is 0.313 e. The third-order valence-corrected chi connectivity index (χ3v) is 4.03. The van der Waals surface area contributed by atoms with E-state index in [4.69, 9.17) is 4.74 Å². The van der Waals surface area contributed by atoms with Crippen molar-refractivity contribution in [1.82, 2.24) is 10.2 Å². The summed E-state index contributed by atoms with van der Waals surface area (Å²) < 4.78 is 5.43. The average Bonchev–Trinajstić information content (AvgIpc) is 2.56. The fourth-order valence-corrected chi connectivity index (χ4v) is 2.61. The van der Waals surface area contributed by atoms with Crippen LogP contribution < -0.4 is 15.4 Å². The Bertz CT molecular complexity index is 540. The molecule has 1 aliphatic heterocycles. The molecule has 1 saturated heterocycles. The summed E-state index contributed by atoms with van der Waals surface area (Å²) in [6, 6.07) is 7.08. The number of hydrogen-bond donors (Lipinski definition) is 2. The van der Waals surface area contributed by atoms with E-state index in [0.717, 1.165) is 25.9 Å². The molecule has 0 saturated carbocycles. The molecule has 1 fully saturated rings. The first-order valence-electron chi connectivity index (χ1n) is 8.09. The molecule has 0 radical (unpaired) electrons. The van der Waals surface area contributed by atoms with Crippen molar-refractivity contribution >= 4 is 17.5 Å². The highest BCUT2D eigenvalue weighted by Crippen LogP contribution is 2.23. The van der Waals surface area contributed by atoms with Gasteiger partial charge in [-0.05, 0) is 58.0 Å². The summed E-state index contributed by atoms with van der Waals surface area (Å²) in [7, 11) is 2.10. The Morgan fingerprint density at radius 1 is 1.22 bits per heavy atom. The first kappa shape index (κ1) is 17.3. The number of para-hydroxylation sites is 2. The molecule has 2 N–H and O–H groups in total. The molecular formula is C17H25N3O3. The zero-order chi connectivity index (χ0) is 16.7. The van der Waals surface area contributed by atoms with Crippen LogP contribution in [-0.4, -0.2) is 50.0 Å². The van der Waals surface area contributed by atoms with E-state index < -0.39 is 11.8 Å². The number of anilines is 1. The van der Waals surface area contributed by atoms with E-state index in [9.17, 15) is 9.59 Å². The van der Waals surface area contributed by atoms with Crippen molar-refractivity contribution in [3.63, 3.8) is 0 Å². The van der Waals surface area contributed by atoms with Gasteiger partial charge < -0.3 is 20.3 Å². The topological polar surface area (TPSA) is 70.7 Å². The van der Waals surface area contributed by atoms with E-state index in [1.165, 1.54) is 0 Å². The van der Waals surface area contributed by atoms with Gasteiger partial charge in [-0.15, -0.1) is 0 Å². The molecule has 0 atom stereocenters. The quantitative estimate of drug-likeness (QED) is 0.807. The average molecular weight is 319 g/mol. The summed E-state index contributed by atoms with van der Waals surface area (Å²) in [5.41, 5.74) is 0.508. The fraction of sp³-hybridized carbons (Fsp3) is 0.529. The minimum atomic E-state index is -0.662. The molecule has 126 valence electrons. The lowest BCUT2D eigenvalue weighted by Crippen LogP contribution is -2.41. The molecule has 1 aromatic rings. The Kier molecular flexibility index (Phi) is 6.40. The van der Waals surface area contributed by atoms with Crippen LogP contribution in [0.5, 0.6) is 5.75 Å². The first-order chi connectivity index (χ1) is 11.1. The summed E-state index contributed by atoms with van der Waals surface area (Å²) in [6.07, 6.45) is 2.09. The largest absolute Gasteiger partial charge is 0.492 e. The zero-order valence-electron chi connectivity index (χ0n) is 13.8. The van der Waals surface area contributed by atoms with Gasteiger partial charge in [-0.2, -0.15) is 0 Å². The molecule has 1 aliphatic rings. The number of carbonyl (C=O) groups excluding carboxylic acids is 2. The van der Waals surface area contributed by atoms with Gasteiger partial charge in [-0.25, -0.2) is 0 Å². The van der Waals surface area contributed by atoms with Crippen molar-refractivity contribution in [3.8, 4) is 5.75 Å². The van der Waals surface area contributed by atoms with Crippen molar-refractivity contribution in [2.75, 3.05) is 38.6 Å². The molecule has 1 heterocycles. The highest BCUT2D eigenvalue weighted by molar-refractivity contribution is 6.39. The van der Waals surface area contributed by atoms with Gasteiger partial charge in [-0.3, -0.25) is 9.59 Å². The maximum atomic E-state index is 12.0. The molecule has 2 amide bonds. The second kappa shape index (κ2) is 8.53. The number of carbonyl (C=O) groups is 2. The van der Waals surface area contributed by atoms with Crippen LogP contribution in [0, 0.1) is 5.92 Å². The summed E-state index contributed by atoms with van der Waals surface area (Å²) >= 11 is 0. The summed E-state index contributed by atoms with van der Waals surface area (Å²) in [5, 5.41) is 5.33. The molecule has 6 nitrogen and oxygen atoms in total. The molecule has 0 bridgehead atoms. The van der Waals surface area contributed by atoms with Crippen LogP contribution in [0.4, 0.5) is 5.69 Å². The van der Waals surface area contributed by atoms with Crippen molar-refractivity contribution in [2.24, 2.45) is 5.92 Å². The van der Waals surface area contributed by atoms with Gasteiger partial charge in [0.2, 0.25) is 0 Å². The van der Waals surface area contributed by atoms with E-state index >= 15 is 0 Å². The molecule has 0 unspecified atom stereocenters. The second-order valence-electron chi connectivity index (χ2n) is 5.84. The number of piperidine rings is 1. The third-order valence-electron chi connectivity index (χ3n) is 4.03. The maximum Gasteiger partial charge on any atom is 0.313 e. The number of likely N-dealkylation sites (tertiary alicyclic amines) is 1. The van der Waals surface area contributed by atoms with Crippen LogP contribution in [0.2, 0.25) is 0 Å². The fourth-order valence-electron chi connectivity index (χ4n) is 2.61. The number of rotatable bonds is 5. The van der Waals surface area contributed by atoms with E-state index in [2.05, 4.69) is 22.6 Å². The van der Waals surface area contributed by atoms with Gasteiger partial charge in [0, 0.05) is 6.54 Å². The lowest BCUT2D eigenvalue weighted by molar-refractivity contribution is -0.136. The monoisotopic (exact) mass is 319 g/mol. The van der Waals surface area contributed by atoms with Crippen LogP contribution in [-0.2, 0) is 9.59 Å². The number of nitrogens with one attached hydrogen (secondary N) is 2. The Hall–Kier alpha value is -2.08. The summed E-state index contributed by atoms with van der Waals surface area (Å²) in [6.45, 7) is 4.98. The highest BCUT2D eigenvalue weighted by Gasteiger charge is 2.20. The van der Waals surface area contributed by atoms with Gasteiger partial charge in [0.15, 0.2) is 0 Å². The van der Waals surface area contributed by atoms with Crippen LogP contribution >= 0.6 is 0 Å². The summed E-state index contributed by atoms with van der Waals surface area (Å²) in [5.74, 6) is -0.259. The third kappa shape index (κ3) is 5.25. The van der Waals surface area contributed by atoms with Crippen LogP contribution in [0.3, 0.4) is 0 Å². The zero-order valence-corrected chi connectivity index (χ0v) is 13.8. The van der Waals surface area contributed by atoms with Crippen LogP contribution in [0.25, 0.3) is 0 Å². The van der Waals surface area contributed by atoms with Crippen molar-refractivity contribution in [1.29, 1.82) is 0 Å². The predicted molar refractivity (Wildman–Crippen MR) is 89.5 cm³/mol. The molecule has 0 aromatic heterocycles. The Morgan fingerprint density at radius 3 is 2.61 bits per heavy atom. The summed E-state index contributed by atoms with van der Waals surface area (Å²) in [4.78, 5) is 26.2. The number of nitrogens with zero attached hydrogens (tertiary/aromatic N) is 1. The number of amides is 2. The second-order valence-corrected chi connectivity index (χ2v) is 5.84. The minimum absolute atomic E-state index is 0.443. The number of ether oxygens (including phenoxy) is 1. The van der Waals surface area contributed by atoms with E-state index in [0.29, 0.717) is 30.5 Å². The Morgan fingerprint density at radius 2 is 1.91 bits per heavy atom. The standard InChI is InChI=1S/C17H25N3O3/c1-3-23-15-7-5-4-6-14(15)19-17(22)16(21)18-12-13-8-10-20(2)11-9-13/h4-7,13H,3,8-12H2,1-2H3,(H,18,21)(H,19,22). The van der Waals surface area contributed by atoms with Crippen molar-refractivity contribution in [2.45, 2.75) is 19.8 Å². The van der Waals surface area contributed by atoms with Gasteiger partial charge in [0.05, 0.1) is 12.3 Å². The minimum Gasteiger partial charge on any atom is -0.492 e.